The number of anilines is 1. The summed E-state index contributed by atoms with van der Waals surface area (Å²) in [7, 11) is 4.10. The smallest absolute Gasteiger partial charge is 0.318 e. The second-order valence-corrected chi connectivity index (χ2v) is 10.7. The fourth-order valence-corrected chi connectivity index (χ4v) is 6.71. The summed E-state index contributed by atoms with van der Waals surface area (Å²) in [5.74, 6) is 0. The number of carbonyl (C=O) groups excluding carboxylic acids is 1. The third-order valence-electron chi connectivity index (χ3n) is 7.11. The molecule has 186 valence electrons. The molecule has 7 heteroatoms. The normalized spacial score (nSPS) is 16.8. The van der Waals surface area contributed by atoms with E-state index in [1.165, 1.54) is 33.8 Å². The van der Waals surface area contributed by atoms with Crippen LogP contribution in [0.15, 0.2) is 42.6 Å². The van der Waals surface area contributed by atoms with Gasteiger partial charge < -0.3 is 24.4 Å². The third kappa shape index (κ3) is 4.71. The van der Waals surface area contributed by atoms with Crippen LogP contribution in [0.5, 0.6) is 0 Å². The molecule has 1 N–H and O–H groups in total. The van der Waals surface area contributed by atoms with Crippen molar-refractivity contribution in [3.05, 3.63) is 69.9 Å². The molecule has 0 unspecified atom stereocenters. The predicted octanol–water partition coefficient (Wildman–Crippen LogP) is 5.52. The highest BCUT2D eigenvalue weighted by atomic mass is 32.1. The van der Waals surface area contributed by atoms with Crippen LogP contribution in [0, 0.1) is 0 Å². The van der Waals surface area contributed by atoms with Gasteiger partial charge in [0.2, 0.25) is 0 Å². The molecule has 0 radical (unpaired) electrons. The van der Waals surface area contributed by atoms with Crippen LogP contribution in [-0.2, 0) is 24.1 Å². The molecular formula is C28H36N4O2S. The average molecular weight is 493 g/mol. The Balaban J connectivity index is 1.54. The van der Waals surface area contributed by atoms with E-state index in [9.17, 15) is 4.79 Å². The molecule has 6 nitrogen and oxygen atoms in total. The highest BCUT2D eigenvalue weighted by Crippen LogP contribution is 2.44. The van der Waals surface area contributed by atoms with Crippen molar-refractivity contribution >= 4 is 23.1 Å². The Kier molecular flexibility index (Phi) is 7.16. The molecule has 1 aliphatic carbocycles. The Hall–Kier alpha value is -2.77. The van der Waals surface area contributed by atoms with Gasteiger partial charge in [0.25, 0.3) is 0 Å². The first-order chi connectivity index (χ1) is 17.1. The van der Waals surface area contributed by atoms with Crippen molar-refractivity contribution in [2.75, 3.05) is 38.8 Å². The van der Waals surface area contributed by atoms with E-state index < -0.39 is 0 Å². The summed E-state index contributed by atoms with van der Waals surface area (Å²) in [5.41, 5.74) is 6.24. The number of nitrogens with one attached hydrogen (secondary N) is 1. The minimum absolute atomic E-state index is 0.0143. The summed E-state index contributed by atoms with van der Waals surface area (Å²) in [6.45, 7) is 4.60. The van der Waals surface area contributed by atoms with E-state index in [1.807, 2.05) is 23.2 Å². The highest BCUT2D eigenvalue weighted by molar-refractivity contribution is 7.15. The number of benzene rings is 1. The quantitative estimate of drug-likeness (QED) is 0.442. The van der Waals surface area contributed by atoms with E-state index >= 15 is 0 Å². The molecular weight excluding hydrogens is 456 g/mol. The summed E-state index contributed by atoms with van der Waals surface area (Å²) < 4.78 is 7.80. The van der Waals surface area contributed by atoms with Crippen molar-refractivity contribution in [3.8, 4) is 5.00 Å². The van der Waals surface area contributed by atoms with Crippen LogP contribution >= 0.6 is 11.3 Å². The number of ether oxygens (including phenoxy) is 1. The van der Waals surface area contributed by atoms with E-state index in [-0.39, 0.29) is 12.1 Å². The number of thiophene rings is 1. The Bertz CT molecular complexity index is 1160. The Morgan fingerprint density at radius 3 is 2.71 bits per heavy atom. The van der Waals surface area contributed by atoms with Gasteiger partial charge in [-0.25, -0.2) is 4.79 Å². The molecule has 1 aliphatic heterocycles. The van der Waals surface area contributed by atoms with Crippen LogP contribution in [-0.4, -0.2) is 49.4 Å². The van der Waals surface area contributed by atoms with Gasteiger partial charge in [0.05, 0.1) is 18.3 Å². The predicted molar refractivity (Wildman–Crippen MR) is 143 cm³/mol. The van der Waals surface area contributed by atoms with Crippen LogP contribution in [0.4, 0.5) is 10.5 Å². The number of urea groups is 1. The maximum atomic E-state index is 13.7. The molecule has 0 saturated heterocycles. The monoisotopic (exact) mass is 492 g/mol. The number of aryl methyl sites for hydroxylation is 1. The van der Waals surface area contributed by atoms with Gasteiger partial charge in [-0.1, -0.05) is 12.1 Å². The zero-order valence-electron chi connectivity index (χ0n) is 21.0. The molecule has 5 rings (SSSR count). The average Bonchev–Trinajstić information content (AvgIpc) is 3.46. The first-order valence-electron chi connectivity index (χ1n) is 12.8. The lowest BCUT2D eigenvalue weighted by molar-refractivity contribution is 0.143. The van der Waals surface area contributed by atoms with E-state index in [4.69, 9.17) is 4.74 Å². The molecule has 1 aromatic carbocycles. The zero-order valence-corrected chi connectivity index (χ0v) is 21.9. The lowest BCUT2D eigenvalue weighted by atomic mass is 9.95. The van der Waals surface area contributed by atoms with Gasteiger partial charge in [-0.05, 0) is 74.4 Å². The Morgan fingerprint density at radius 2 is 1.94 bits per heavy atom. The summed E-state index contributed by atoms with van der Waals surface area (Å²) in [4.78, 5) is 19.4. The minimum atomic E-state index is -0.160. The molecule has 2 aliphatic rings. The molecule has 3 aromatic rings. The van der Waals surface area contributed by atoms with Crippen molar-refractivity contribution in [2.24, 2.45) is 0 Å². The number of hydrogen-bond donors (Lipinski definition) is 1. The summed E-state index contributed by atoms with van der Waals surface area (Å²) in [6.07, 6.45) is 7.74. The maximum Gasteiger partial charge on any atom is 0.318 e. The van der Waals surface area contributed by atoms with Crippen molar-refractivity contribution in [2.45, 2.75) is 51.6 Å². The van der Waals surface area contributed by atoms with Crippen molar-refractivity contribution in [1.29, 1.82) is 0 Å². The van der Waals surface area contributed by atoms with Crippen LogP contribution in [0.1, 0.15) is 59.5 Å². The number of amides is 2. The number of fused-ring (bicyclic) bond motifs is 5. The Labute approximate surface area is 212 Å². The van der Waals surface area contributed by atoms with E-state index in [0.717, 1.165) is 36.2 Å². The molecule has 2 aromatic heterocycles. The van der Waals surface area contributed by atoms with E-state index in [0.29, 0.717) is 26.3 Å². The number of aromatic nitrogens is 1. The van der Waals surface area contributed by atoms with Crippen molar-refractivity contribution in [1.82, 2.24) is 14.8 Å². The SMILES string of the molecule is CCOCCCNC(=O)N1Cc2c(sc3c2CCCC3)-n2cccc2[C@@H]1c1ccc(N(C)C)cc1. The largest absolute Gasteiger partial charge is 0.382 e. The lowest BCUT2D eigenvalue weighted by Crippen LogP contribution is -2.42. The fourth-order valence-electron chi connectivity index (χ4n) is 5.31. The van der Waals surface area contributed by atoms with Gasteiger partial charge in [-0.15, -0.1) is 11.3 Å². The van der Waals surface area contributed by atoms with Gasteiger partial charge in [0.15, 0.2) is 0 Å². The molecule has 2 amide bonds. The van der Waals surface area contributed by atoms with E-state index in [2.05, 4.69) is 71.5 Å². The Morgan fingerprint density at radius 1 is 1.14 bits per heavy atom. The van der Waals surface area contributed by atoms with Gasteiger partial charge in [-0.2, -0.15) is 0 Å². The lowest BCUT2D eigenvalue weighted by Gasteiger charge is -2.31. The van der Waals surface area contributed by atoms with Crippen molar-refractivity contribution < 1.29 is 9.53 Å². The van der Waals surface area contributed by atoms with Gasteiger partial charge >= 0.3 is 6.03 Å². The fraction of sp³-hybridized carbons (Fsp3) is 0.464. The zero-order chi connectivity index (χ0) is 24.4. The number of hydrogen-bond acceptors (Lipinski definition) is 4. The first kappa shape index (κ1) is 23.9. The minimum Gasteiger partial charge on any atom is -0.382 e. The molecule has 0 fully saturated rings. The number of carbonyl (C=O) groups is 1. The number of nitrogens with zero attached hydrogens (tertiary/aromatic N) is 3. The molecule has 0 spiro atoms. The van der Waals surface area contributed by atoms with Crippen LogP contribution < -0.4 is 10.2 Å². The number of rotatable bonds is 7. The second kappa shape index (κ2) is 10.5. The summed E-state index contributed by atoms with van der Waals surface area (Å²) >= 11 is 1.92. The van der Waals surface area contributed by atoms with Crippen LogP contribution in [0.2, 0.25) is 0 Å². The van der Waals surface area contributed by atoms with Gasteiger partial charge in [0.1, 0.15) is 5.00 Å². The molecule has 0 bridgehead atoms. The first-order valence-corrected chi connectivity index (χ1v) is 13.6. The topological polar surface area (TPSA) is 49.7 Å². The van der Waals surface area contributed by atoms with Crippen molar-refractivity contribution in [3.63, 3.8) is 0 Å². The third-order valence-corrected chi connectivity index (χ3v) is 8.44. The highest BCUT2D eigenvalue weighted by Gasteiger charge is 2.35. The van der Waals surface area contributed by atoms with Crippen LogP contribution in [0.25, 0.3) is 5.00 Å². The molecule has 1 atom stereocenters. The maximum absolute atomic E-state index is 13.7. The summed E-state index contributed by atoms with van der Waals surface area (Å²) in [5, 5.41) is 4.48. The molecule has 3 heterocycles. The standard InChI is InChI=1S/C28H36N4O2S/c1-4-34-18-8-16-29-28(33)32-19-23-22-9-5-6-11-25(22)35-27(23)31-17-7-10-24(31)26(32)20-12-14-21(15-13-20)30(2)3/h7,10,12-15,17,26H,4-6,8-9,11,16,18-19H2,1-3H3,(H,29,33)/t26-/m0/s1. The molecule has 0 saturated carbocycles. The summed E-state index contributed by atoms with van der Waals surface area (Å²) in [6, 6.07) is 12.7. The van der Waals surface area contributed by atoms with Crippen LogP contribution in [0.3, 0.4) is 0 Å². The van der Waals surface area contributed by atoms with Gasteiger partial charge in [0, 0.05) is 56.2 Å². The van der Waals surface area contributed by atoms with E-state index in [1.54, 1.807) is 0 Å². The molecule has 35 heavy (non-hydrogen) atoms. The second-order valence-electron chi connectivity index (χ2n) is 9.60. The van der Waals surface area contributed by atoms with Gasteiger partial charge in [-0.3, -0.25) is 0 Å².